The Morgan fingerprint density at radius 1 is 1.31 bits per heavy atom. The van der Waals surface area contributed by atoms with Crippen molar-refractivity contribution in [2.45, 2.75) is 32.8 Å². The van der Waals surface area contributed by atoms with E-state index in [1.807, 2.05) is 13.8 Å². The molecule has 3 aliphatic heterocycles. The Kier molecular flexibility index (Phi) is 2.54. The third kappa shape index (κ3) is 2.02. The van der Waals surface area contributed by atoms with Gasteiger partial charge in [-0.15, -0.1) is 0 Å². The number of hydrogen-bond acceptors (Lipinski definition) is 3. The van der Waals surface area contributed by atoms with Crippen molar-refractivity contribution in [3.8, 4) is 0 Å². The molecule has 0 aromatic rings. The molecule has 1 unspecified atom stereocenters. The summed E-state index contributed by atoms with van der Waals surface area (Å²) in [5.74, 6) is 0.757. The highest BCUT2D eigenvalue weighted by atomic mass is 16.6. The van der Waals surface area contributed by atoms with Crippen LogP contribution in [0, 0.1) is 5.92 Å². The summed E-state index contributed by atoms with van der Waals surface area (Å²) < 4.78 is 0. The lowest BCUT2D eigenvalue weighted by atomic mass is 9.86. The SMILES string of the molecule is CC(C)=NOC1CN2CCC1CC2. The summed E-state index contributed by atoms with van der Waals surface area (Å²) in [5.41, 5.74) is 1.01. The lowest BCUT2D eigenvalue weighted by molar-refractivity contribution is -0.0681. The molecule has 0 N–H and O–H groups in total. The number of fused-ring (bicyclic) bond motifs is 3. The highest BCUT2D eigenvalue weighted by Crippen LogP contribution is 2.29. The van der Waals surface area contributed by atoms with E-state index in [0.717, 1.165) is 18.2 Å². The van der Waals surface area contributed by atoms with Gasteiger partial charge < -0.3 is 4.84 Å². The molecule has 3 aliphatic rings. The number of piperidine rings is 3. The van der Waals surface area contributed by atoms with Crippen molar-refractivity contribution in [3.05, 3.63) is 0 Å². The molecule has 2 bridgehead atoms. The minimum atomic E-state index is 0.359. The van der Waals surface area contributed by atoms with E-state index < -0.39 is 0 Å². The lowest BCUT2D eigenvalue weighted by Gasteiger charge is -2.43. The van der Waals surface area contributed by atoms with Crippen LogP contribution in [0.4, 0.5) is 0 Å². The zero-order chi connectivity index (χ0) is 9.26. The van der Waals surface area contributed by atoms with Crippen LogP contribution in [0.25, 0.3) is 0 Å². The lowest BCUT2D eigenvalue weighted by Crippen LogP contribution is -2.50. The summed E-state index contributed by atoms with van der Waals surface area (Å²) in [4.78, 5) is 8.00. The van der Waals surface area contributed by atoms with Gasteiger partial charge in [0.2, 0.25) is 0 Å². The van der Waals surface area contributed by atoms with Crippen molar-refractivity contribution < 1.29 is 4.84 Å². The predicted molar refractivity (Wildman–Crippen MR) is 52.8 cm³/mol. The number of hydrogen-bond donors (Lipinski definition) is 0. The Bertz CT molecular complexity index is 203. The quantitative estimate of drug-likeness (QED) is 0.477. The molecule has 0 radical (unpaired) electrons. The second kappa shape index (κ2) is 3.66. The zero-order valence-corrected chi connectivity index (χ0v) is 8.49. The fourth-order valence-electron chi connectivity index (χ4n) is 2.20. The molecule has 0 aliphatic carbocycles. The molecule has 74 valence electrons. The summed E-state index contributed by atoms with van der Waals surface area (Å²) in [5, 5.41) is 4.06. The molecule has 3 rings (SSSR count). The normalized spacial score (nSPS) is 37.2. The average molecular weight is 182 g/mol. The van der Waals surface area contributed by atoms with Crippen molar-refractivity contribution >= 4 is 5.71 Å². The van der Waals surface area contributed by atoms with Crippen molar-refractivity contribution in [1.82, 2.24) is 4.90 Å². The minimum Gasteiger partial charge on any atom is -0.391 e. The Labute approximate surface area is 79.7 Å². The number of oxime groups is 1. The first-order valence-electron chi connectivity index (χ1n) is 5.15. The van der Waals surface area contributed by atoms with Crippen molar-refractivity contribution in [3.63, 3.8) is 0 Å². The highest BCUT2D eigenvalue weighted by molar-refractivity contribution is 5.78. The van der Waals surface area contributed by atoms with Gasteiger partial charge in [0.05, 0.1) is 5.71 Å². The van der Waals surface area contributed by atoms with E-state index in [0.29, 0.717) is 6.10 Å². The molecule has 3 heteroatoms. The Morgan fingerprint density at radius 3 is 2.46 bits per heavy atom. The molecule has 3 fully saturated rings. The van der Waals surface area contributed by atoms with E-state index in [9.17, 15) is 0 Å². The van der Waals surface area contributed by atoms with E-state index in [1.165, 1.54) is 25.9 Å². The van der Waals surface area contributed by atoms with Gasteiger partial charge in [-0.3, -0.25) is 4.90 Å². The third-order valence-electron chi connectivity index (χ3n) is 2.97. The van der Waals surface area contributed by atoms with Gasteiger partial charge in [-0.2, -0.15) is 0 Å². The Balaban J connectivity index is 1.90. The first-order chi connectivity index (χ1) is 6.25. The topological polar surface area (TPSA) is 24.8 Å². The number of nitrogens with zero attached hydrogens (tertiary/aromatic N) is 2. The van der Waals surface area contributed by atoms with Gasteiger partial charge in [-0.25, -0.2) is 0 Å². The molecular weight excluding hydrogens is 164 g/mol. The van der Waals surface area contributed by atoms with Gasteiger partial charge in [0.25, 0.3) is 0 Å². The summed E-state index contributed by atoms with van der Waals surface area (Å²) in [6, 6.07) is 0. The second-order valence-electron chi connectivity index (χ2n) is 4.32. The predicted octanol–water partition coefficient (Wildman–Crippen LogP) is 1.49. The van der Waals surface area contributed by atoms with Crippen LogP contribution >= 0.6 is 0 Å². The van der Waals surface area contributed by atoms with Crippen molar-refractivity contribution in [2.75, 3.05) is 19.6 Å². The largest absolute Gasteiger partial charge is 0.391 e. The van der Waals surface area contributed by atoms with Gasteiger partial charge >= 0.3 is 0 Å². The summed E-state index contributed by atoms with van der Waals surface area (Å²) in [7, 11) is 0. The Hall–Kier alpha value is -0.570. The van der Waals surface area contributed by atoms with Gasteiger partial charge in [0, 0.05) is 12.5 Å². The molecule has 0 amide bonds. The molecule has 1 atom stereocenters. The van der Waals surface area contributed by atoms with Crippen LogP contribution in [0.15, 0.2) is 5.16 Å². The fourth-order valence-corrected chi connectivity index (χ4v) is 2.20. The highest BCUT2D eigenvalue weighted by Gasteiger charge is 2.35. The van der Waals surface area contributed by atoms with Crippen LogP contribution in [0.5, 0.6) is 0 Å². The molecule has 0 spiro atoms. The van der Waals surface area contributed by atoms with E-state index in [2.05, 4.69) is 10.1 Å². The van der Waals surface area contributed by atoms with Gasteiger partial charge in [-0.05, 0) is 39.8 Å². The first-order valence-corrected chi connectivity index (χ1v) is 5.15. The molecule has 3 saturated heterocycles. The minimum absolute atomic E-state index is 0.359. The van der Waals surface area contributed by atoms with Crippen LogP contribution in [-0.4, -0.2) is 36.3 Å². The maximum atomic E-state index is 5.52. The van der Waals surface area contributed by atoms with Crippen LogP contribution in [-0.2, 0) is 4.84 Å². The van der Waals surface area contributed by atoms with Crippen molar-refractivity contribution in [1.29, 1.82) is 0 Å². The average Bonchev–Trinajstić information content (AvgIpc) is 2.17. The maximum absolute atomic E-state index is 5.52. The van der Waals surface area contributed by atoms with Crippen LogP contribution in [0.1, 0.15) is 26.7 Å². The van der Waals surface area contributed by atoms with Crippen LogP contribution < -0.4 is 0 Å². The van der Waals surface area contributed by atoms with E-state index in [-0.39, 0.29) is 0 Å². The molecule has 13 heavy (non-hydrogen) atoms. The molecule has 0 aromatic carbocycles. The molecular formula is C10H18N2O. The molecule has 3 heterocycles. The second-order valence-corrected chi connectivity index (χ2v) is 4.32. The standard InChI is InChI=1S/C10H18N2O/c1-8(2)11-13-10-7-12-5-3-9(10)4-6-12/h9-10H,3-7H2,1-2H3. The van der Waals surface area contributed by atoms with Gasteiger partial charge in [0.15, 0.2) is 0 Å². The Morgan fingerprint density at radius 2 is 2.00 bits per heavy atom. The zero-order valence-electron chi connectivity index (χ0n) is 8.49. The molecule has 0 saturated carbocycles. The van der Waals surface area contributed by atoms with E-state index in [4.69, 9.17) is 4.84 Å². The maximum Gasteiger partial charge on any atom is 0.143 e. The van der Waals surface area contributed by atoms with Gasteiger partial charge in [-0.1, -0.05) is 5.16 Å². The fraction of sp³-hybridized carbons (Fsp3) is 0.900. The summed E-state index contributed by atoms with van der Waals surface area (Å²) in [6.45, 7) is 7.56. The van der Waals surface area contributed by atoms with Crippen LogP contribution in [0.3, 0.4) is 0 Å². The van der Waals surface area contributed by atoms with E-state index >= 15 is 0 Å². The molecule has 0 aromatic heterocycles. The van der Waals surface area contributed by atoms with E-state index in [1.54, 1.807) is 0 Å². The third-order valence-corrected chi connectivity index (χ3v) is 2.97. The summed E-state index contributed by atoms with van der Waals surface area (Å²) >= 11 is 0. The number of rotatable bonds is 2. The molecule has 3 nitrogen and oxygen atoms in total. The summed E-state index contributed by atoms with van der Waals surface area (Å²) in [6.07, 6.45) is 2.95. The monoisotopic (exact) mass is 182 g/mol. The smallest absolute Gasteiger partial charge is 0.143 e. The van der Waals surface area contributed by atoms with Crippen molar-refractivity contribution in [2.24, 2.45) is 11.1 Å². The first kappa shape index (κ1) is 9.00. The van der Waals surface area contributed by atoms with Gasteiger partial charge in [0.1, 0.15) is 6.10 Å². The van der Waals surface area contributed by atoms with Crippen LogP contribution in [0.2, 0.25) is 0 Å².